The highest BCUT2D eigenvalue weighted by Crippen LogP contribution is 2.35. The van der Waals surface area contributed by atoms with Crippen LogP contribution in [0.3, 0.4) is 0 Å². The Morgan fingerprint density at radius 2 is 1.97 bits per heavy atom. The molecule has 4 rings (SSSR count). The van der Waals surface area contributed by atoms with Gasteiger partial charge in [-0.3, -0.25) is 4.79 Å². The summed E-state index contributed by atoms with van der Waals surface area (Å²) in [6, 6.07) is 12.7. The van der Waals surface area contributed by atoms with Crippen molar-refractivity contribution in [3.05, 3.63) is 53.8 Å². The lowest BCUT2D eigenvalue weighted by Gasteiger charge is -2.23. The summed E-state index contributed by atoms with van der Waals surface area (Å²) >= 11 is 0. The fraction of sp³-hybridized carbons (Fsp3) is 0.375. The Morgan fingerprint density at radius 1 is 1.24 bits per heavy atom. The van der Waals surface area contributed by atoms with Gasteiger partial charge in [0.25, 0.3) is 0 Å². The Labute approximate surface area is 192 Å². The molecule has 2 aromatic carbocycles. The predicted molar refractivity (Wildman–Crippen MR) is 122 cm³/mol. The molecule has 1 aliphatic heterocycles. The fourth-order valence-corrected chi connectivity index (χ4v) is 5.59. The van der Waals surface area contributed by atoms with E-state index in [1.54, 1.807) is 42.6 Å². The second-order valence-corrected chi connectivity index (χ2v) is 10.9. The summed E-state index contributed by atoms with van der Waals surface area (Å²) in [5.74, 6) is -0.351. The average molecular weight is 466 g/mol. The molecule has 1 heterocycles. The lowest BCUT2D eigenvalue weighted by molar-refractivity contribution is -0.124. The van der Waals surface area contributed by atoms with Gasteiger partial charge in [0.05, 0.1) is 21.8 Å². The molecule has 1 saturated carbocycles. The highest BCUT2D eigenvalue weighted by molar-refractivity contribution is 7.93. The van der Waals surface area contributed by atoms with E-state index in [-0.39, 0.29) is 18.4 Å². The number of amides is 1. The van der Waals surface area contributed by atoms with E-state index in [1.807, 2.05) is 0 Å². The second kappa shape index (κ2) is 9.30. The third-order valence-corrected chi connectivity index (χ3v) is 8.01. The van der Waals surface area contributed by atoms with Gasteiger partial charge in [-0.25, -0.2) is 8.60 Å². The molecule has 2 bridgehead atoms. The van der Waals surface area contributed by atoms with Crippen LogP contribution in [0.25, 0.3) is 11.1 Å². The molecule has 9 heteroatoms. The first kappa shape index (κ1) is 22.9. The lowest BCUT2D eigenvalue weighted by Crippen LogP contribution is -2.50. The van der Waals surface area contributed by atoms with Crippen LogP contribution >= 0.6 is 0 Å². The zero-order chi connectivity index (χ0) is 23.6. The van der Waals surface area contributed by atoms with Gasteiger partial charge in [-0.05, 0) is 60.1 Å². The number of benzene rings is 2. The van der Waals surface area contributed by atoms with Crippen molar-refractivity contribution in [3.63, 3.8) is 0 Å². The smallest absolute Gasteiger partial charge is 0.238 e. The molecule has 1 amide bonds. The second-order valence-electron chi connectivity index (χ2n) is 8.63. The first-order valence-electron chi connectivity index (χ1n) is 10.8. The molecule has 1 saturated heterocycles. The van der Waals surface area contributed by atoms with Crippen LogP contribution in [0.15, 0.2) is 51.7 Å². The molecule has 0 aromatic heterocycles. The van der Waals surface area contributed by atoms with Crippen molar-refractivity contribution in [1.29, 1.82) is 10.5 Å². The Kier molecular flexibility index (Phi) is 6.46. The van der Waals surface area contributed by atoms with Crippen LogP contribution in [0.1, 0.15) is 24.8 Å². The van der Waals surface area contributed by atoms with Crippen molar-refractivity contribution in [3.8, 4) is 23.4 Å². The van der Waals surface area contributed by atoms with Crippen LogP contribution in [0.4, 0.5) is 4.39 Å². The van der Waals surface area contributed by atoms with E-state index < -0.39 is 21.6 Å². The Balaban J connectivity index is 1.44. The molecule has 2 N–H and O–H groups in total. The zero-order valence-electron chi connectivity index (χ0n) is 18.1. The van der Waals surface area contributed by atoms with Crippen molar-refractivity contribution < 1.29 is 13.4 Å². The number of hydrogen-bond acceptors (Lipinski definition) is 6. The maximum atomic E-state index is 14.8. The molecule has 1 aliphatic carbocycles. The molecule has 170 valence electrons. The van der Waals surface area contributed by atoms with Crippen LogP contribution in [-0.2, 0) is 20.9 Å². The Hall–Kier alpha value is -3.27. The molecular weight excluding hydrogens is 441 g/mol. The van der Waals surface area contributed by atoms with Gasteiger partial charge in [-0.1, -0.05) is 24.3 Å². The summed E-state index contributed by atoms with van der Waals surface area (Å²) in [6.45, 7) is 0. The summed E-state index contributed by atoms with van der Waals surface area (Å²) in [6.07, 6.45) is 6.13. The quantitative estimate of drug-likeness (QED) is 0.636. The van der Waals surface area contributed by atoms with Crippen LogP contribution < -0.4 is 10.6 Å². The van der Waals surface area contributed by atoms with Gasteiger partial charge >= 0.3 is 0 Å². The molecular formula is C24H24FN5O2S. The minimum atomic E-state index is -2.79. The summed E-state index contributed by atoms with van der Waals surface area (Å²) < 4.78 is 30.6. The van der Waals surface area contributed by atoms with E-state index in [9.17, 15) is 18.7 Å². The summed E-state index contributed by atoms with van der Waals surface area (Å²) in [4.78, 5) is 13.0. The summed E-state index contributed by atoms with van der Waals surface area (Å²) in [5.41, 5.74) is 1.67. The van der Waals surface area contributed by atoms with Crippen molar-refractivity contribution in [2.45, 2.75) is 48.7 Å². The number of nitrogens with zero attached hydrogens (tertiary/aromatic N) is 3. The summed E-state index contributed by atoms with van der Waals surface area (Å²) in [5, 5.41) is 24.2. The first-order chi connectivity index (χ1) is 15.8. The lowest BCUT2D eigenvalue weighted by atomic mass is 9.98. The fourth-order valence-electron chi connectivity index (χ4n) is 4.68. The van der Waals surface area contributed by atoms with E-state index in [2.05, 4.69) is 21.1 Å². The number of piperidine rings is 1. The first-order valence-corrected chi connectivity index (χ1v) is 12.7. The van der Waals surface area contributed by atoms with Gasteiger partial charge in [0, 0.05) is 23.6 Å². The number of nitriles is 2. The summed E-state index contributed by atoms with van der Waals surface area (Å²) in [7, 11) is -2.79. The van der Waals surface area contributed by atoms with Gasteiger partial charge < -0.3 is 10.6 Å². The number of carbonyl (C=O) groups excluding carboxylic acids is 1. The third-order valence-electron chi connectivity index (χ3n) is 6.43. The topological polar surface area (TPSA) is 118 Å². The van der Waals surface area contributed by atoms with Crippen LogP contribution in [0, 0.1) is 34.5 Å². The van der Waals surface area contributed by atoms with Gasteiger partial charge in [-0.2, -0.15) is 10.5 Å². The minimum absolute atomic E-state index is 0.0711. The van der Waals surface area contributed by atoms with Gasteiger partial charge in [0.1, 0.15) is 11.9 Å². The molecule has 2 aromatic rings. The van der Waals surface area contributed by atoms with Crippen LogP contribution in [-0.4, -0.2) is 34.5 Å². The number of rotatable bonds is 6. The van der Waals surface area contributed by atoms with Crippen LogP contribution in [0.2, 0.25) is 0 Å². The van der Waals surface area contributed by atoms with E-state index >= 15 is 0 Å². The van der Waals surface area contributed by atoms with E-state index in [0.717, 1.165) is 19.3 Å². The van der Waals surface area contributed by atoms with Crippen molar-refractivity contribution in [1.82, 2.24) is 10.6 Å². The molecule has 2 fully saturated rings. The standard InChI is InChI=1S/C24H24FN5O2S/c1-33(32,28-14-27)21-8-5-15(6-9-21)16-2-3-17(22(25)12-16)10-20(13-26)30-24(31)23-18-4-7-19(11-18)29-23/h2-3,5-6,8-9,12,18-20,23,29H,4,7,10-11H2,1H3,(H,30,31)/t18?,19?,20-,23?,33?/m0/s1. The number of hydrogen-bond donors (Lipinski definition) is 2. The molecule has 0 spiro atoms. The van der Waals surface area contributed by atoms with E-state index in [1.165, 1.54) is 12.3 Å². The normalized spacial score (nSPS) is 23.7. The number of fused-ring (bicyclic) bond motifs is 2. The van der Waals surface area contributed by atoms with Gasteiger partial charge in [0.15, 0.2) is 0 Å². The van der Waals surface area contributed by atoms with Gasteiger partial charge in [-0.15, -0.1) is 4.36 Å². The highest BCUT2D eigenvalue weighted by atomic mass is 32.2. The molecule has 33 heavy (non-hydrogen) atoms. The predicted octanol–water partition coefficient (Wildman–Crippen LogP) is 3.12. The SMILES string of the molecule is CS(=O)(=NC#N)c1ccc(-c2ccc(C[C@@H](C#N)NC(=O)C3NC4CCC3C4)c(F)c2)cc1. The third kappa shape index (κ3) is 4.90. The Morgan fingerprint density at radius 3 is 2.55 bits per heavy atom. The number of halogens is 1. The highest BCUT2D eigenvalue weighted by Gasteiger charge is 2.43. The Bertz CT molecular complexity index is 1270. The molecule has 0 radical (unpaired) electrons. The van der Waals surface area contributed by atoms with Gasteiger partial charge in [0.2, 0.25) is 12.1 Å². The van der Waals surface area contributed by atoms with Crippen molar-refractivity contribution in [2.75, 3.05) is 6.26 Å². The molecule has 7 nitrogen and oxygen atoms in total. The molecule has 4 unspecified atom stereocenters. The van der Waals surface area contributed by atoms with Crippen molar-refractivity contribution >= 4 is 15.6 Å². The number of nitrogens with one attached hydrogen (secondary N) is 2. The zero-order valence-corrected chi connectivity index (χ0v) is 18.9. The maximum Gasteiger partial charge on any atom is 0.238 e. The minimum Gasteiger partial charge on any atom is -0.339 e. The maximum absolute atomic E-state index is 14.8. The van der Waals surface area contributed by atoms with Crippen molar-refractivity contribution in [2.24, 2.45) is 10.3 Å². The van der Waals surface area contributed by atoms with E-state index in [0.29, 0.717) is 33.5 Å². The van der Waals surface area contributed by atoms with Crippen LogP contribution in [0.5, 0.6) is 0 Å². The number of carbonyl (C=O) groups is 1. The molecule has 5 atom stereocenters. The molecule has 2 aliphatic rings. The largest absolute Gasteiger partial charge is 0.339 e. The monoisotopic (exact) mass is 465 g/mol. The average Bonchev–Trinajstić information content (AvgIpc) is 3.44. The van der Waals surface area contributed by atoms with E-state index in [4.69, 9.17) is 5.26 Å².